The Hall–Kier alpha value is -2.04. The summed E-state index contributed by atoms with van der Waals surface area (Å²) in [5.41, 5.74) is 2.95. The fourth-order valence-electron chi connectivity index (χ4n) is 3.76. The highest BCUT2D eigenvalue weighted by atomic mass is 35.5. The van der Waals surface area contributed by atoms with Gasteiger partial charge in [0.1, 0.15) is 0 Å². The van der Waals surface area contributed by atoms with Crippen molar-refractivity contribution in [1.29, 1.82) is 0 Å². The molecule has 0 unspecified atom stereocenters. The first-order valence-electron chi connectivity index (χ1n) is 7.71. The number of anilines is 1. The summed E-state index contributed by atoms with van der Waals surface area (Å²) >= 11 is 12.6. The number of non-ortho nitro benzene ring substituents is 1. The van der Waals surface area contributed by atoms with E-state index in [1.54, 1.807) is 12.1 Å². The molecule has 2 aromatic carbocycles. The van der Waals surface area contributed by atoms with E-state index in [-0.39, 0.29) is 22.6 Å². The minimum atomic E-state index is -0.367. The van der Waals surface area contributed by atoms with Crippen molar-refractivity contribution < 1.29 is 4.92 Å². The molecule has 0 bridgehead atoms. The summed E-state index contributed by atoms with van der Waals surface area (Å²) < 4.78 is 0. The highest BCUT2D eigenvalue weighted by Gasteiger charge is 2.39. The van der Waals surface area contributed by atoms with Crippen molar-refractivity contribution in [2.45, 2.75) is 18.4 Å². The van der Waals surface area contributed by atoms with E-state index in [0.717, 1.165) is 23.2 Å². The molecule has 2 aliphatic rings. The van der Waals surface area contributed by atoms with Crippen LogP contribution in [-0.2, 0) is 0 Å². The number of nitro benzene ring substituents is 1. The molecular formula is C18H14Cl2N2O2. The molecule has 4 rings (SSSR count). The van der Waals surface area contributed by atoms with E-state index in [2.05, 4.69) is 17.5 Å². The number of allylic oxidation sites excluding steroid dienone is 2. The number of halogens is 2. The van der Waals surface area contributed by atoms with Gasteiger partial charge in [-0.2, -0.15) is 0 Å². The zero-order chi connectivity index (χ0) is 16.8. The number of hydrogen-bond donors (Lipinski definition) is 1. The quantitative estimate of drug-likeness (QED) is 0.422. The van der Waals surface area contributed by atoms with Crippen LogP contribution in [0.1, 0.15) is 29.5 Å². The lowest BCUT2D eigenvalue weighted by Crippen LogP contribution is -2.29. The van der Waals surface area contributed by atoms with Gasteiger partial charge in [0.2, 0.25) is 0 Å². The lowest BCUT2D eigenvalue weighted by Gasteiger charge is -2.38. The average molecular weight is 361 g/mol. The van der Waals surface area contributed by atoms with Crippen LogP contribution in [0.5, 0.6) is 0 Å². The molecule has 24 heavy (non-hydrogen) atoms. The van der Waals surface area contributed by atoms with Gasteiger partial charge in [-0.25, -0.2) is 0 Å². The minimum Gasteiger partial charge on any atom is -0.376 e. The Bertz CT molecular complexity index is 866. The number of nitrogens with zero attached hydrogens (tertiary/aromatic N) is 1. The van der Waals surface area contributed by atoms with Gasteiger partial charge in [0.25, 0.3) is 5.69 Å². The Labute approximate surface area is 149 Å². The van der Waals surface area contributed by atoms with Crippen molar-refractivity contribution in [3.8, 4) is 0 Å². The van der Waals surface area contributed by atoms with Crippen molar-refractivity contribution in [2.75, 3.05) is 5.32 Å². The van der Waals surface area contributed by atoms with Crippen LogP contribution in [0.4, 0.5) is 11.4 Å². The van der Waals surface area contributed by atoms with Crippen LogP contribution >= 0.6 is 23.2 Å². The smallest absolute Gasteiger partial charge is 0.269 e. The molecule has 1 N–H and O–H groups in total. The first kappa shape index (κ1) is 15.5. The number of nitrogens with one attached hydrogen (secondary N) is 1. The monoisotopic (exact) mass is 360 g/mol. The first-order chi connectivity index (χ1) is 11.6. The SMILES string of the molecule is O=[N+]([O-])c1cccc([C@@H]2Nc3c(ccc(Cl)c3Cl)[C@@H]3C=CC[C@H]32)c1. The highest BCUT2D eigenvalue weighted by Crippen LogP contribution is 2.52. The first-order valence-corrected chi connectivity index (χ1v) is 8.47. The molecular weight excluding hydrogens is 347 g/mol. The molecule has 0 aromatic heterocycles. The lowest BCUT2D eigenvalue weighted by atomic mass is 9.77. The van der Waals surface area contributed by atoms with Crippen LogP contribution in [0.15, 0.2) is 48.6 Å². The molecule has 1 aliphatic heterocycles. The van der Waals surface area contributed by atoms with Crippen molar-refractivity contribution in [2.24, 2.45) is 5.92 Å². The molecule has 0 radical (unpaired) electrons. The predicted octanol–water partition coefficient (Wildman–Crippen LogP) is 5.73. The van der Waals surface area contributed by atoms with Gasteiger partial charge in [0.15, 0.2) is 0 Å². The number of hydrogen-bond acceptors (Lipinski definition) is 3. The summed E-state index contributed by atoms with van der Waals surface area (Å²) in [6, 6.07) is 10.6. The van der Waals surface area contributed by atoms with Crippen LogP contribution < -0.4 is 5.32 Å². The van der Waals surface area contributed by atoms with E-state index in [1.165, 1.54) is 6.07 Å². The molecule has 1 aliphatic carbocycles. The Morgan fingerprint density at radius 1 is 1.21 bits per heavy atom. The summed E-state index contributed by atoms with van der Waals surface area (Å²) in [7, 11) is 0. The largest absolute Gasteiger partial charge is 0.376 e. The Balaban J connectivity index is 1.82. The second-order valence-corrected chi connectivity index (χ2v) is 6.94. The molecule has 4 nitrogen and oxygen atoms in total. The topological polar surface area (TPSA) is 55.2 Å². The molecule has 3 atom stereocenters. The van der Waals surface area contributed by atoms with Crippen LogP contribution in [0.2, 0.25) is 10.0 Å². The van der Waals surface area contributed by atoms with Gasteiger partial charge in [0, 0.05) is 18.1 Å². The third-order valence-electron chi connectivity index (χ3n) is 4.87. The maximum atomic E-state index is 11.1. The van der Waals surface area contributed by atoms with E-state index in [4.69, 9.17) is 23.2 Å². The second kappa shape index (κ2) is 5.80. The van der Waals surface area contributed by atoms with E-state index < -0.39 is 0 Å². The van der Waals surface area contributed by atoms with Gasteiger partial charge >= 0.3 is 0 Å². The van der Waals surface area contributed by atoms with E-state index in [0.29, 0.717) is 16.0 Å². The number of benzene rings is 2. The Morgan fingerprint density at radius 3 is 2.83 bits per heavy atom. The van der Waals surface area contributed by atoms with Gasteiger partial charge < -0.3 is 5.32 Å². The van der Waals surface area contributed by atoms with Gasteiger partial charge in [-0.05, 0) is 29.5 Å². The average Bonchev–Trinajstić information content (AvgIpc) is 3.07. The number of nitro groups is 1. The van der Waals surface area contributed by atoms with Crippen LogP contribution in [0, 0.1) is 16.0 Å². The normalized spacial score (nSPS) is 24.2. The van der Waals surface area contributed by atoms with Gasteiger partial charge in [-0.1, -0.05) is 53.6 Å². The fraction of sp³-hybridized carbons (Fsp3) is 0.222. The number of rotatable bonds is 2. The fourth-order valence-corrected chi connectivity index (χ4v) is 4.15. The molecule has 122 valence electrons. The molecule has 0 spiro atoms. The summed E-state index contributed by atoms with van der Waals surface area (Å²) in [6.07, 6.45) is 5.28. The van der Waals surface area contributed by atoms with E-state index in [1.807, 2.05) is 18.2 Å². The van der Waals surface area contributed by atoms with Gasteiger partial charge in [-0.15, -0.1) is 0 Å². The van der Waals surface area contributed by atoms with Crippen molar-refractivity contribution in [3.05, 3.63) is 79.8 Å². The molecule has 1 heterocycles. The maximum Gasteiger partial charge on any atom is 0.269 e. The van der Waals surface area contributed by atoms with E-state index in [9.17, 15) is 10.1 Å². The Kier molecular flexibility index (Phi) is 3.74. The van der Waals surface area contributed by atoms with Gasteiger partial charge in [0.05, 0.1) is 26.7 Å². The predicted molar refractivity (Wildman–Crippen MR) is 95.9 cm³/mol. The molecule has 0 saturated carbocycles. The van der Waals surface area contributed by atoms with Crippen molar-refractivity contribution in [1.82, 2.24) is 0 Å². The number of fused-ring (bicyclic) bond motifs is 3. The summed E-state index contributed by atoms with van der Waals surface area (Å²) in [5.74, 6) is 0.539. The summed E-state index contributed by atoms with van der Waals surface area (Å²) in [5, 5.41) is 15.6. The molecule has 6 heteroatoms. The van der Waals surface area contributed by atoms with Gasteiger partial charge in [-0.3, -0.25) is 10.1 Å². The molecule has 0 saturated heterocycles. The van der Waals surface area contributed by atoms with Crippen LogP contribution in [0.25, 0.3) is 0 Å². The van der Waals surface area contributed by atoms with Crippen molar-refractivity contribution >= 4 is 34.6 Å². The van der Waals surface area contributed by atoms with E-state index >= 15 is 0 Å². The lowest BCUT2D eigenvalue weighted by molar-refractivity contribution is -0.384. The molecule has 0 fully saturated rings. The highest BCUT2D eigenvalue weighted by molar-refractivity contribution is 6.43. The van der Waals surface area contributed by atoms with Crippen LogP contribution in [0.3, 0.4) is 0 Å². The minimum absolute atomic E-state index is 0.0478. The zero-order valence-electron chi connectivity index (χ0n) is 12.6. The molecule has 2 aromatic rings. The van der Waals surface area contributed by atoms with Crippen LogP contribution in [-0.4, -0.2) is 4.92 Å². The summed E-state index contributed by atoms with van der Waals surface area (Å²) in [4.78, 5) is 10.7. The third kappa shape index (κ3) is 2.38. The standard InChI is InChI=1S/C18H14Cl2N2O2/c19-15-8-7-14-12-5-2-6-13(12)17(21-18(14)16(15)20)10-3-1-4-11(9-10)22(23)24/h1-5,7-9,12-13,17,21H,6H2/t12-,13-,17+/m1/s1. The third-order valence-corrected chi connectivity index (χ3v) is 5.67. The molecule has 0 amide bonds. The zero-order valence-corrected chi connectivity index (χ0v) is 14.1. The van der Waals surface area contributed by atoms with Crippen molar-refractivity contribution in [3.63, 3.8) is 0 Å². The second-order valence-electron chi connectivity index (χ2n) is 6.15. The maximum absolute atomic E-state index is 11.1. The Morgan fingerprint density at radius 2 is 2.04 bits per heavy atom. The summed E-state index contributed by atoms with van der Waals surface area (Å²) in [6.45, 7) is 0.